The number of hydrogen-bond donors (Lipinski definition) is 7. The Morgan fingerprint density at radius 3 is 0.849 bits per heavy atom. The Kier molecular flexibility index (Phi) is 47.9. The summed E-state index contributed by atoms with van der Waals surface area (Å²) >= 11 is 0. The van der Waals surface area contributed by atoms with Crippen LogP contribution in [0.1, 0.15) is 218 Å². The molecule has 15 unspecified atom stereocenters. The second-order valence-corrected chi connectivity index (χ2v) is 30.1. The zero-order valence-electron chi connectivity index (χ0n) is 72.7. The van der Waals surface area contributed by atoms with Crippen LogP contribution < -0.4 is 42.0 Å². The average Bonchev–Trinajstić information content (AvgIpc) is 0.795. The first-order valence-corrected chi connectivity index (χ1v) is 41.4. The normalized spacial score (nSPS) is 22.4. The standard InChI is InChI=1S/C81H118F5N7O33/c1-43(94)90-68-75(120-52(10)103)71(117-49(7)100)55(40-114-46(4)97)123-78(68)111-37-22-16-13-19-34-87-58(106)28-31-81(93-61(109)26-25-27-62(110)126-74-66(85)64(83)63(82)65(84)67(74)86,32-29-59(107)88-35-20-14-17-23-38-112-79-69(91-44(2)95)76(121-53(11)104)72(118-50(8)101)56(124-79)41-115-47(5)98)33-30-60(108)89-36-21-15-18-24-39-113-80-70(92-45(3)96)77(122-54(12)105)73(119-51(9)102)57(125-80)42-116-48(6)99/h55-57,68-73,75-80H,13-42H2,1-12H3,(H,87,106)(H,88,107)(H,89,108)(H,90,94)(H,91,95)(H,92,96)(H,93,109). The van der Waals surface area contributed by atoms with Gasteiger partial charge >= 0.3 is 59.7 Å². The lowest BCUT2D eigenvalue weighted by atomic mass is 9.82. The smallest absolute Gasteiger partial charge is 0.311 e. The van der Waals surface area contributed by atoms with Crippen molar-refractivity contribution in [2.45, 2.75) is 315 Å². The van der Waals surface area contributed by atoms with Gasteiger partial charge < -0.3 is 113 Å². The Labute approximate surface area is 724 Å². The molecule has 0 radical (unpaired) electrons. The molecule has 1 aromatic carbocycles. The maximum atomic E-state index is 14.5. The molecule has 3 saturated heterocycles. The molecule has 4 rings (SSSR count). The van der Waals surface area contributed by atoms with Gasteiger partial charge in [-0.25, -0.2) is 13.2 Å². The lowest BCUT2D eigenvalue weighted by molar-refractivity contribution is -0.277. The summed E-state index contributed by atoms with van der Waals surface area (Å²) in [5, 5.41) is 19.2. The van der Waals surface area contributed by atoms with Gasteiger partial charge in [-0.15, -0.1) is 0 Å². The quantitative estimate of drug-likeness (QED) is 0.00929. The fourth-order valence-electron chi connectivity index (χ4n) is 13.8. The Balaban J connectivity index is 1.53. The van der Waals surface area contributed by atoms with E-state index in [-0.39, 0.29) is 78.0 Å². The zero-order chi connectivity index (χ0) is 93.9. The minimum absolute atomic E-state index is 0.00658. The number of nitrogens with one attached hydrogen (secondary N) is 7. The van der Waals surface area contributed by atoms with E-state index in [0.717, 1.165) is 62.3 Å². The first-order chi connectivity index (χ1) is 59.5. The summed E-state index contributed by atoms with van der Waals surface area (Å²) in [6, 6.07) is -3.64. The van der Waals surface area contributed by atoms with Gasteiger partial charge in [0.15, 0.2) is 55.5 Å². The molecular weight excluding hydrogens is 1690 g/mol. The van der Waals surface area contributed by atoms with Crippen molar-refractivity contribution in [3.05, 3.63) is 29.1 Å². The lowest BCUT2D eigenvalue weighted by Crippen LogP contribution is -2.66. The molecule has 0 saturated carbocycles. The second-order valence-electron chi connectivity index (χ2n) is 30.1. The van der Waals surface area contributed by atoms with Crippen LogP contribution in [0.4, 0.5) is 22.0 Å². The first-order valence-electron chi connectivity index (χ1n) is 41.4. The number of carbonyl (C=O) groups excluding carboxylic acids is 17. The highest BCUT2D eigenvalue weighted by Crippen LogP contribution is 2.35. The predicted molar refractivity (Wildman–Crippen MR) is 419 cm³/mol. The molecule has 0 spiro atoms. The molecule has 0 bridgehead atoms. The number of carbonyl (C=O) groups is 17. The van der Waals surface area contributed by atoms with Crippen molar-refractivity contribution in [1.82, 2.24) is 37.2 Å². The van der Waals surface area contributed by atoms with Gasteiger partial charge in [0.1, 0.15) is 56.3 Å². The molecule has 710 valence electrons. The van der Waals surface area contributed by atoms with E-state index in [9.17, 15) is 103 Å². The van der Waals surface area contributed by atoms with E-state index in [1.165, 1.54) is 20.8 Å². The lowest BCUT2D eigenvalue weighted by Gasteiger charge is -2.44. The predicted octanol–water partition coefficient (Wildman–Crippen LogP) is 3.70. The van der Waals surface area contributed by atoms with Gasteiger partial charge in [-0.3, -0.25) is 81.5 Å². The molecule has 3 fully saturated rings. The van der Waals surface area contributed by atoms with Gasteiger partial charge in [-0.1, -0.05) is 38.5 Å². The van der Waals surface area contributed by atoms with E-state index < -0.39 is 272 Å². The molecule has 0 aromatic heterocycles. The van der Waals surface area contributed by atoms with Crippen molar-refractivity contribution in [1.29, 1.82) is 0 Å². The van der Waals surface area contributed by atoms with Gasteiger partial charge in [0.2, 0.25) is 76.2 Å². The zero-order valence-corrected chi connectivity index (χ0v) is 72.7. The molecule has 126 heavy (non-hydrogen) atoms. The second kappa shape index (κ2) is 56.0. The van der Waals surface area contributed by atoms with Crippen LogP contribution in [0.5, 0.6) is 5.75 Å². The fourth-order valence-corrected chi connectivity index (χ4v) is 13.8. The maximum Gasteiger partial charge on any atom is 0.311 e. The van der Waals surface area contributed by atoms with Crippen molar-refractivity contribution >= 4 is 101 Å². The molecule has 3 heterocycles. The highest BCUT2D eigenvalue weighted by Gasteiger charge is 2.55. The van der Waals surface area contributed by atoms with Crippen molar-refractivity contribution in [3.8, 4) is 5.75 Å². The number of amides is 7. The third kappa shape index (κ3) is 39.7. The van der Waals surface area contributed by atoms with E-state index in [0.29, 0.717) is 77.0 Å². The molecule has 7 amide bonds. The third-order valence-electron chi connectivity index (χ3n) is 19.3. The van der Waals surface area contributed by atoms with Crippen LogP contribution >= 0.6 is 0 Å². The molecule has 7 N–H and O–H groups in total. The van der Waals surface area contributed by atoms with Gasteiger partial charge in [0.25, 0.3) is 0 Å². The van der Waals surface area contributed by atoms with Crippen molar-refractivity contribution < 1.29 is 179 Å². The number of ether oxygens (including phenoxy) is 16. The van der Waals surface area contributed by atoms with Crippen molar-refractivity contribution in [2.75, 3.05) is 59.3 Å². The summed E-state index contributed by atoms with van der Waals surface area (Å²) < 4.78 is 160. The SMILES string of the molecule is CC(=O)NC1C(OCCCCCCNC(=O)CCC(CCC(=O)NCCCCCCOC2OC(COC(C)=O)C(OC(C)=O)C(OC(C)=O)C2NC(C)=O)(CCC(=O)NCCCCCCOC2OC(COC(C)=O)C(OC(C)=O)C(OC(C)=O)C2NC(C)=O)NC(=O)CCCC(=O)Oc2c(F)c(F)c(F)c(F)c2F)OC(COC(C)=O)C(OC(C)=O)C1OC(C)=O. The summed E-state index contributed by atoms with van der Waals surface area (Å²) in [7, 11) is 0. The molecule has 45 heteroatoms. The van der Waals surface area contributed by atoms with Crippen LogP contribution in [0.3, 0.4) is 0 Å². The summed E-state index contributed by atoms with van der Waals surface area (Å²) in [6.45, 7) is 12.4. The fraction of sp³-hybridized carbons (Fsp3) is 0.716. The van der Waals surface area contributed by atoms with Crippen LogP contribution in [0.2, 0.25) is 0 Å². The van der Waals surface area contributed by atoms with Gasteiger partial charge in [0.05, 0.1) is 0 Å². The van der Waals surface area contributed by atoms with Crippen LogP contribution in [-0.4, -0.2) is 258 Å². The minimum Gasteiger partial charge on any atom is -0.463 e. The summed E-state index contributed by atoms with van der Waals surface area (Å²) in [6.07, 6.45) is -14.1. The van der Waals surface area contributed by atoms with Crippen LogP contribution in [0.15, 0.2) is 0 Å². The van der Waals surface area contributed by atoms with Crippen molar-refractivity contribution in [2.24, 2.45) is 0 Å². The molecule has 3 aliphatic rings. The molecule has 0 aliphatic carbocycles. The summed E-state index contributed by atoms with van der Waals surface area (Å²) in [5.41, 5.74) is -1.60. The van der Waals surface area contributed by atoms with Crippen molar-refractivity contribution in [3.63, 3.8) is 0 Å². The van der Waals surface area contributed by atoms with E-state index in [4.69, 9.17) is 71.1 Å². The Hall–Kier alpha value is -10.4. The summed E-state index contributed by atoms with van der Waals surface area (Å²) in [5.74, 6) is -26.7. The largest absolute Gasteiger partial charge is 0.463 e. The Morgan fingerprint density at radius 2 is 0.579 bits per heavy atom. The molecule has 1 aromatic rings. The van der Waals surface area contributed by atoms with E-state index in [1.54, 1.807) is 0 Å². The average molecular weight is 1810 g/mol. The Morgan fingerprint density at radius 1 is 0.310 bits per heavy atom. The first kappa shape index (κ1) is 108. The topological polar surface area (TPSA) is 522 Å². The molecule has 3 aliphatic heterocycles. The van der Waals surface area contributed by atoms with Gasteiger partial charge in [-0.2, -0.15) is 8.78 Å². The monoisotopic (exact) mass is 1810 g/mol. The maximum absolute atomic E-state index is 14.5. The minimum atomic E-state index is -2.51. The Bertz CT molecular complexity index is 3540. The number of benzene rings is 1. The molecule has 40 nitrogen and oxygen atoms in total. The number of unbranched alkanes of at least 4 members (excludes halogenated alkanes) is 9. The van der Waals surface area contributed by atoms with E-state index in [2.05, 4.69) is 42.0 Å². The summed E-state index contributed by atoms with van der Waals surface area (Å²) in [4.78, 5) is 215. The number of esters is 10. The number of rotatable bonds is 54. The third-order valence-corrected chi connectivity index (χ3v) is 19.3. The molecular formula is C81H118F5N7O33. The van der Waals surface area contributed by atoms with Crippen LogP contribution in [0, 0.1) is 29.1 Å². The highest BCUT2D eigenvalue weighted by molar-refractivity contribution is 5.81. The van der Waals surface area contributed by atoms with E-state index in [1.807, 2.05) is 0 Å². The molecule has 15 atom stereocenters. The van der Waals surface area contributed by atoms with Gasteiger partial charge in [0, 0.05) is 160 Å². The van der Waals surface area contributed by atoms with Crippen LogP contribution in [-0.2, 0) is 153 Å². The highest BCUT2D eigenvalue weighted by atomic mass is 19.2. The number of hydrogen-bond acceptors (Lipinski definition) is 33. The number of halogens is 5. The van der Waals surface area contributed by atoms with Crippen LogP contribution in [0.25, 0.3) is 0 Å². The van der Waals surface area contributed by atoms with E-state index >= 15 is 0 Å². The van der Waals surface area contributed by atoms with Gasteiger partial charge in [-0.05, 0) is 64.2 Å².